The van der Waals surface area contributed by atoms with Gasteiger partial charge in [-0.2, -0.15) is 0 Å². The van der Waals surface area contributed by atoms with Gasteiger partial charge in [0.25, 0.3) is 0 Å². The molecule has 2 unspecified atom stereocenters. The Hall–Kier alpha value is -0.0800. The standard InChI is InChI=1S/C11H22N2/c1-11(2)6-10(11)13-8-9-4-3-5-12-7-9/h9-10,12-13H,3-8H2,1-2H3. The molecular formula is C11H22N2. The maximum Gasteiger partial charge on any atom is 0.0125 e. The Bertz CT molecular complexity index is 171. The van der Waals surface area contributed by atoms with Crippen molar-refractivity contribution in [2.75, 3.05) is 19.6 Å². The third kappa shape index (κ3) is 2.44. The predicted molar refractivity (Wildman–Crippen MR) is 55.8 cm³/mol. The molecule has 1 aliphatic heterocycles. The first-order valence-electron chi connectivity index (χ1n) is 5.62. The number of hydrogen-bond donors (Lipinski definition) is 2. The normalized spacial score (nSPS) is 37.4. The van der Waals surface area contributed by atoms with Gasteiger partial charge in [0.1, 0.15) is 0 Å². The van der Waals surface area contributed by atoms with Crippen LogP contribution in [0.3, 0.4) is 0 Å². The lowest BCUT2D eigenvalue weighted by atomic mass is 9.99. The van der Waals surface area contributed by atoms with Crippen LogP contribution in [0.5, 0.6) is 0 Å². The summed E-state index contributed by atoms with van der Waals surface area (Å²) >= 11 is 0. The van der Waals surface area contributed by atoms with Crippen LogP contribution in [-0.4, -0.2) is 25.7 Å². The van der Waals surface area contributed by atoms with E-state index in [9.17, 15) is 0 Å². The lowest BCUT2D eigenvalue weighted by molar-refractivity contribution is 0.352. The highest BCUT2D eigenvalue weighted by Gasteiger charge is 2.45. The molecule has 0 aromatic carbocycles. The van der Waals surface area contributed by atoms with Crippen molar-refractivity contribution in [2.45, 2.75) is 39.2 Å². The third-order valence-electron chi connectivity index (χ3n) is 3.57. The molecule has 2 fully saturated rings. The van der Waals surface area contributed by atoms with E-state index in [0.29, 0.717) is 5.41 Å². The van der Waals surface area contributed by atoms with E-state index in [2.05, 4.69) is 24.5 Å². The van der Waals surface area contributed by atoms with E-state index in [0.717, 1.165) is 12.0 Å². The van der Waals surface area contributed by atoms with Gasteiger partial charge in [0.15, 0.2) is 0 Å². The zero-order chi connectivity index (χ0) is 9.31. The Morgan fingerprint density at radius 1 is 1.46 bits per heavy atom. The van der Waals surface area contributed by atoms with E-state index in [1.54, 1.807) is 0 Å². The van der Waals surface area contributed by atoms with E-state index in [-0.39, 0.29) is 0 Å². The van der Waals surface area contributed by atoms with Crippen molar-refractivity contribution >= 4 is 0 Å². The van der Waals surface area contributed by atoms with Gasteiger partial charge in [-0.15, -0.1) is 0 Å². The lowest BCUT2D eigenvalue weighted by Gasteiger charge is -2.23. The summed E-state index contributed by atoms with van der Waals surface area (Å²) in [6.45, 7) is 8.38. The predicted octanol–water partition coefficient (Wildman–Crippen LogP) is 1.37. The Balaban J connectivity index is 1.62. The highest BCUT2D eigenvalue weighted by atomic mass is 15.0. The van der Waals surface area contributed by atoms with E-state index >= 15 is 0 Å². The first-order chi connectivity index (χ1) is 6.18. The Morgan fingerprint density at radius 2 is 2.23 bits per heavy atom. The molecule has 2 aliphatic rings. The fourth-order valence-electron chi connectivity index (χ4n) is 2.22. The molecular weight excluding hydrogens is 160 g/mol. The largest absolute Gasteiger partial charge is 0.316 e. The molecule has 1 saturated heterocycles. The van der Waals surface area contributed by atoms with Gasteiger partial charge in [-0.1, -0.05) is 13.8 Å². The fourth-order valence-corrected chi connectivity index (χ4v) is 2.22. The fraction of sp³-hybridized carbons (Fsp3) is 1.00. The summed E-state index contributed by atoms with van der Waals surface area (Å²) in [5.74, 6) is 0.880. The van der Waals surface area contributed by atoms with Crippen LogP contribution in [0.2, 0.25) is 0 Å². The van der Waals surface area contributed by atoms with Gasteiger partial charge in [-0.25, -0.2) is 0 Å². The van der Waals surface area contributed by atoms with Gasteiger partial charge in [-0.05, 0) is 50.2 Å². The molecule has 0 amide bonds. The number of piperidine rings is 1. The molecule has 0 spiro atoms. The SMILES string of the molecule is CC1(C)CC1NCC1CCCNC1. The molecule has 0 radical (unpaired) electrons. The topological polar surface area (TPSA) is 24.1 Å². The molecule has 0 aromatic heterocycles. The van der Waals surface area contributed by atoms with Gasteiger partial charge in [0.2, 0.25) is 0 Å². The van der Waals surface area contributed by atoms with Crippen LogP contribution in [0.4, 0.5) is 0 Å². The molecule has 2 N–H and O–H groups in total. The molecule has 76 valence electrons. The van der Waals surface area contributed by atoms with Crippen LogP contribution >= 0.6 is 0 Å². The second-order valence-corrected chi connectivity index (χ2v) is 5.37. The molecule has 1 heterocycles. The highest BCUT2D eigenvalue weighted by Crippen LogP contribution is 2.44. The average molecular weight is 182 g/mol. The van der Waals surface area contributed by atoms with Crippen molar-refractivity contribution in [1.29, 1.82) is 0 Å². The van der Waals surface area contributed by atoms with Gasteiger partial charge < -0.3 is 10.6 Å². The van der Waals surface area contributed by atoms with Crippen LogP contribution in [0, 0.1) is 11.3 Å². The third-order valence-corrected chi connectivity index (χ3v) is 3.57. The summed E-state index contributed by atoms with van der Waals surface area (Å²) in [6, 6.07) is 0.800. The second kappa shape index (κ2) is 3.58. The maximum absolute atomic E-state index is 3.68. The van der Waals surface area contributed by atoms with E-state index in [1.165, 1.54) is 38.9 Å². The summed E-state index contributed by atoms with van der Waals surface area (Å²) in [5, 5.41) is 7.14. The van der Waals surface area contributed by atoms with Crippen LogP contribution in [0.1, 0.15) is 33.1 Å². The summed E-state index contributed by atoms with van der Waals surface area (Å²) in [7, 11) is 0. The number of nitrogens with one attached hydrogen (secondary N) is 2. The van der Waals surface area contributed by atoms with E-state index in [1.807, 2.05) is 0 Å². The smallest absolute Gasteiger partial charge is 0.0125 e. The van der Waals surface area contributed by atoms with Crippen molar-refractivity contribution in [3.63, 3.8) is 0 Å². The molecule has 2 heteroatoms. The van der Waals surface area contributed by atoms with Crippen LogP contribution in [0.25, 0.3) is 0 Å². The summed E-state index contributed by atoms with van der Waals surface area (Å²) in [4.78, 5) is 0. The Kier molecular flexibility index (Phi) is 2.61. The Labute approximate surface area is 81.5 Å². The molecule has 1 aliphatic carbocycles. The first-order valence-corrected chi connectivity index (χ1v) is 5.62. The summed E-state index contributed by atoms with van der Waals surface area (Å²) in [6.07, 6.45) is 4.14. The second-order valence-electron chi connectivity index (χ2n) is 5.37. The molecule has 2 rings (SSSR count). The molecule has 2 nitrogen and oxygen atoms in total. The van der Waals surface area contributed by atoms with Gasteiger partial charge in [0, 0.05) is 6.04 Å². The van der Waals surface area contributed by atoms with Crippen molar-refractivity contribution in [2.24, 2.45) is 11.3 Å². The Morgan fingerprint density at radius 3 is 2.77 bits per heavy atom. The van der Waals surface area contributed by atoms with Crippen LogP contribution in [0.15, 0.2) is 0 Å². The summed E-state index contributed by atoms with van der Waals surface area (Å²) in [5.41, 5.74) is 0.585. The van der Waals surface area contributed by atoms with Gasteiger partial charge >= 0.3 is 0 Å². The number of rotatable bonds is 3. The van der Waals surface area contributed by atoms with Crippen molar-refractivity contribution in [3.05, 3.63) is 0 Å². The quantitative estimate of drug-likeness (QED) is 0.689. The molecule has 0 aromatic rings. The van der Waals surface area contributed by atoms with E-state index < -0.39 is 0 Å². The van der Waals surface area contributed by atoms with Crippen molar-refractivity contribution in [3.8, 4) is 0 Å². The zero-order valence-corrected chi connectivity index (χ0v) is 8.90. The van der Waals surface area contributed by atoms with Gasteiger partial charge in [-0.3, -0.25) is 0 Å². The molecule has 2 atom stereocenters. The van der Waals surface area contributed by atoms with Crippen molar-refractivity contribution < 1.29 is 0 Å². The van der Waals surface area contributed by atoms with Crippen molar-refractivity contribution in [1.82, 2.24) is 10.6 Å². The van der Waals surface area contributed by atoms with E-state index in [4.69, 9.17) is 0 Å². The highest BCUT2D eigenvalue weighted by molar-refractivity contribution is 5.01. The zero-order valence-electron chi connectivity index (χ0n) is 8.90. The van der Waals surface area contributed by atoms with Crippen LogP contribution < -0.4 is 10.6 Å². The minimum absolute atomic E-state index is 0.585. The minimum atomic E-state index is 0.585. The summed E-state index contributed by atoms with van der Waals surface area (Å²) < 4.78 is 0. The monoisotopic (exact) mass is 182 g/mol. The molecule has 13 heavy (non-hydrogen) atoms. The lowest BCUT2D eigenvalue weighted by Crippen LogP contribution is -2.37. The first kappa shape index (κ1) is 9.47. The maximum atomic E-state index is 3.68. The van der Waals surface area contributed by atoms with Gasteiger partial charge in [0.05, 0.1) is 0 Å². The molecule has 0 bridgehead atoms. The average Bonchev–Trinajstić information content (AvgIpc) is 2.73. The molecule has 1 saturated carbocycles. The minimum Gasteiger partial charge on any atom is -0.316 e. The van der Waals surface area contributed by atoms with Crippen LogP contribution in [-0.2, 0) is 0 Å². The number of hydrogen-bond acceptors (Lipinski definition) is 2.